The highest BCUT2D eigenvalue weighted by molar-refractivity contribution is 5.96. The Balaban J connectivity index is 1.26. The number of allylic oxidation sites excluding steroid dienone is 2. The van der Waals surface area contributed by atoms with Crippen LogP contribution in [0.5, 0.6) is 0 Å². The first-order chi connectivity index (χ1) is 14.3. The zero-order valence-electron chi connectivity index (χ0n) is 19.5. The summed E-state index contributed by atoms with van der Waals surface area (Å²) in [7, 11) is 0. The van der Waals surface area contributed by atoms with Gasteiger partial charge in [0.25, 0.3) is 0 Å². The van der Waals surface area contributed by atoms with Crippen molar-refractivity contribution in [3.8, 4) is 0 Å². The molecule has 0 spiro atoms. The van der Waals surface area contributed by atoms with Crippen LogP contribution in [0.15, 0.2) is 16.8 Å². The van der Waals surface area contributed by atoms with Crippen LogP contribution in [0.25, 0.3) is 0 Å². The van der Waals surface area contributed by atoms with Crippen molar-refractivity contribution < 1.29 is 9.94 Å². The van der Waals surface area contributed by atoms with Gasteiger partial charge in [-0.15, -0.1) is 0 Å². The Morgan fingerprint density at radius 3 is 2.60 bits per heavy atom. The third kappa shape index (κ3) is 3.28. The van der Waals surface area contributed by atoms with E-state index >= 15 is 0 Å². The maximum atomic E-state index is 11.1. The van der Waals surface area contributed by atoms with E-state index in [0.717, 1.165) is 43.5 Å². The Morgan fingerprint density at radius 2 is 1.80 bits per heavy atom. The van der Waals surface area contributed by atoms with Crippen molar-refractivity contribution in [2.24, 2.45) is 33.7 Å². The van der Waals surface area contributed by atoms with Gasteiger partial charge in [-0.1, -0.05) is 24.6 Å². The van der Waals surface area contributed by atoms with E-state index in [1.807, 2.05) is 0 Å². The molecule has 4 aliphatic carbocycles. The number of hydrogen-bond acceptors (Lipinski definition) is 4. The summed E-state index contributed by atoms with van der Waals surface area (Å²) in [6, 6.07) is 0. The summed E-state index contributed by atoms with van der Waals surface area (Å²) >= 11 is 0. The molecule has 6 unspecified atom stereocenters. The normalized spacial score (nSPS) is 47.5. The standard InChI is InChI=1S/C26H42N2O2/c1-24-11-8-20(27-30-17-16-28-14-4-5-15-28)18-19(24)6-7-21-22(24)9-12-25(2)23(21)10-13-26(25,3)29/h18,21-23,29H,4-17H2,1-3H3. The molecule has 4 nitrogen and oxygen atoms in total. The molecule has 5 aliphatic rings. The summed E-state index contributed by atoms with van der Waals surface area (Å²) in [6.45, 7) is 11.2. The smallest absolute Gasteiger partial charge is 0.129 e. The van der Waals surface area contributed by atoms with Crippen LogP contribution >= 0.6 is 0 Å². The maximum Gasteiger partial charge on any atom is 0.129 e. The third-order valence-corrected chi connectivity index (χ3v) is 10.4. The summed E-state index contributed by atoms with van der Waals surface area (Å²) in [5.41, 5.74) is 2.76. The van der Waals surface area contributed by atoms with Crippen LogP contribution in [0, 0.1) is 28.6 Å². The second kappa shape index (κ2) is 7.62. The lowest BCUT2D eigenvalue weighted by Crippen LogP contribution is -2.53. The largest absolute Gasteiger partial charge is 0.394 e. The van der Waals surface area contributed by atoms with Gasteiger partial charge in [0, 0.05) is 6.54 Å². The van der Waals surface area contributed by atoms with Crippen LogP contribution in [0.1, 0.15) is 85.0 Å². The first kappa shape index (κ1) is 21.0. The molecule has 0 radical (unpaired) electrons. The van der Waals surface area contributed by atoms with Gasteiger partial charge in [0.1, 0.15) is 6.61 Å². The second-order valence-electron chi connectivity index (χ2n) is 11.7. The average molecular weight is 415 g/mol. The van der Waals surface area contributed by atoms with Gasteiger partial charge in [-0.05, 0) is 119 Å². The van der Waals surface area contributed by atoms with E-state index in [4.69, 9.17) is 4.84 Å². The monoisotopic (exact) mass is 414 g/mol. The van der Waals surface area contributed by atoms with Gasteiger partial charge in [-0.3, -0.25) is 4.90 Å². The highest BCUT2D eigenvalue weighted by Gasteiger charge is 2.62. The van der Waals surface area contributed by atoms with E-state index in [1.54, 1.807) is 5.57 Å². The fourth-order valence-corrected chi connectivity index (χ4v) is 8.19. The highest BCUT2D eigenvalue weighted by Crippen LogP contribution is 2.67. The molecule has 5 rings (SSSR count). The van der Waals surface area contributed by atoms with Gasteiger partial charge in [0.15, 0.2) is 0 Å². The highest BCUT2D eigenvalue weighted by atomic mass is 16.6. The van der Waals surface area contributed by atoms with Crippen LogP contribution in [0.3, 0.4) is 0 Å². The van der Waals surface area contributed by atoms with E-state index in [-0.39, 0.29) is 5.41 Å². The van der Waals surface area contributed by atoms with Crippen molar-refractivity contribution in [1.82, 2.24) is 4.90 Å². The molecule has 1 N–H and O–H groups in total. The predicted molar refractivity (Wildman–Crippen MR) is 121 cm³/mol. The second-order valence-corrected chi connectivity index (χ2v) is 11.7. The lowest BCUT2D eigenvalue weighted by Gasteiger charge is -2.59. The molecular formula is C26H42N2O2. The van der Waals surface area contributed by atoms with Crippen LogP contribution in [0.4, 0.5) is 0 Å². The van der Waals surface area contributed by atoms with Crippen molar-refractivity contribution in [2.75, 3.05) is 26.2 Å². The summed E-state index contributed by atoms with van der Waals surface area (Å²) < 4.78 is 0. The first-order valence-electron chi connectivity index (χ1n) is 12.7. The maximum absolute atomic E-state index is 11.1. The minimum atomic E-state index is -0.474. The van der Waals surface area contributed by atoms with E-state index in [1.165, 1.54) is 64.5 Å². The minimum Gasteiger partial charge on any atom is -0.394 e. The van der Waals surface area contributed by atoms with Gasteiger partial charge in [-0.2, -0.15) is 0 Å². The minimum absolute atomic E-state index is 0.121. The Kier molecular flexibility index (Phi) is 5.33. The van der Waals surface area contributed by atoms with Gasteiger partial charge in [-0.25, -0.2) is 0 Å². The van der Waals surface area contributed by atoms with E-state index in [0.29, 0.717) is 11.3 Å². The number of rotatable bonds is 4. The number of nitrogens with zero attached hydrogens (tertiary/aromatic N) is 2. The number of aliphatic hydroxyl groups is 1. The fourth-order valence-electron chi connectivity index (χ4n) is 8.19. The molecule has 1 saturated heterocycles. The number of likely N-dealkylation sites (tertiary alicyclic amines) is 1. The SMILES string of the molecule is CC12CCC(=NOCCN3CCCC3)C=C1CCC1C2CCC2(C)C1CCC2(C)O. The third-order valence-electron chi connectivity index (χ3n) is 10.4. The molecule has 1 aliphatic heterocycles. The van der Waals surface area contributed by atoms with Crippen molar-refractivity contribution in [2.45, 2.75) is 90.6 Å². The van der Waals surface area contributed by atoms with Crippen LogP contribution in [-0.4, -0.2) is 47.6 Å². The fraction of sp³-hybridized carbons (Fsp3) is 0.885. The molecule has 4 fully saturated rings. The molecular weight excluding hydrogens is 372 g/mol. The summed E-state index contributed by atoms with van der Waals surface area (Å²) in [4.78, 5) is 8.20. The van der Waals surface area contributed by atoms with Crippen molar-refractivity contribution in [3.63, 3.8) is 0 Å². The predicted octanol–water partition coefficient (Wildman–Crippen LogP) is 5.17. The quantitative estimate of drug-likeness (QED) is 0.510. The molecule has 0 amide bonds. The van der Waals surface area contributed by atoms with Crippen molar-refractivity contribution >= 4 is 5.71 Å². The molecule has 3 saturated carbocycles. The molecule has 0 aromatic rings. The molecule has 30 heavy (non-hydrogen) atoms. The van der Waals surface area contributed by atoms with Crippen LogP contribution in [0.2, 0.25) is 0 Å². The summed E-state index contributed by atoms with van der Waals surface area (Å²) in [5, 5.41) is 15.6. The van der Waals surface area contributed by atoms with Crippen molar-refractivity contribution in [1.29, 1.82) is 0 Å². The van der Waals surface area contributed by atoms with E-state index in [2.05, 4.69) is 36.9 Å². The topological polar surface area (TPSA) is 45.1 Å². The molecule has 4 heteroatoms. The van der Waals surface area contributed by atoms with Gasteiger partial charge < -0.3 is 9.94 Å². The zero-order valence-corrected chi connectivity index (χ0v) is 19.5. The lowest BCUT2D eigenvalue weighted by atomic mass is 9.46. The molecule has 0 aromatic heterocycles. The first-order valence-corrected chi connectivity index (χ1v) is 12.7. The van der Waals surface area contributed by atoms with E-state index < -0.39 is 5.60 Å². The average Bonchev–Trinajstić information content (AvgIpc) is 3.31. The van der Waals surface area contributed by atoms with Gasteiger partial charge >= 0.3 is 0 Å². The number of fused-ring (bicyclic) bond motifs is 5. The van der Waals surface area contributed by atoms with Crippen LogP contribution in [-0.2, 0) is 4.84 Å². The molecule has 0 bridgehead atoms. The Bertz CT molecular complexity index is 723. The summed E-state index contributed by atoms with van der Waals surface area (Å²) in [5.74, 6) is 2.27. The number of hydrogen-bond donors (Lipinski definition) is 1. The molecule has 0 aromatic carbocycles. The van der Waals surface area contributed by atoms with Crippen molar-refractivity contribution in [3.05, 3.63) is 11.6 Å². The van der Waals surface area contributed by atoms with E-state index in [9.17, 15) is 5.11 Å². The van der Waals surface area contributed by atoms with Gasteiger partial charge in [0.2, 0.25) is 0 Å². The molecule has 168 valence electrons. The molecule has 6 atom stereocenters. The number of oxime groups is 1. The lowest BCUT2D eigenvalue weighted by molar-refractivity contribution is -0.117. The summed E-state index contributed by atoms with van der Waals surface area (Å²) in [6.07, 6.45) is 14.5. The van der Waals surface area contributed by atoms with Crippen LogP contribution < -0.4 is 0 Å². The molecule has 1 heterocycles. The Hall–Kier alpha value is -0.870. The van der Waals surface area contributed by atoms with Gasteiger partial charge in [0.05, 0.1) is 11.3 Å². The zero-order chi connectivity index (χ0) is 21.0. The Morgan fingerprint density at radius 1 is 1.03 bits per heavy atom. The Labute approximate surface area is 183 Å².